The van der Waals surface area contributed by atoms with E-state index in [-0.39, 0.29) is 18.0 Å². The second kappa shape index (κ2) is 7.75. The third-order valence-electron chi connectivity index (χ3n) is 4.64. The number of ether oxygens (including phenoxy) is 1. The summed E-state index contributed by atoms with van der Waals surface area (Å²) in [5, 5.41) is 0. The van der Waals surface area contributed by atoms with Crippen molar-refractivity contribution in [2.45, 2.75) is 45.2 Å². The van der Waals surface area contributed by atoms with Crippen LogP contribution in [0.25, 0.3) is 0 Å². The van der Waals surface area contributed by atoms with Gasteiger partial charge < -0.3 is 9.64 Å². The van der Waals surface area contributed by atoms with Crippen molar-refractivity contribution in [1.29, 1.82) is 0 Å². The molecule has 1 amide bonds. The second-order valence-electron chi connectivity index (χ2n) is 6.23. The summed E-state index contributed by atoms with van der Waals surface area (Å²) in [6, 6.07) is 8.42. The topological polar surface area (TPSA) is 32.8 Å². The number of likely N-dealkylation sites (N-methyl/N-ethyl adjacent to an activating group) is 1. The Morgan fingerprint density at radius 1 is 1.45 bits per heavy atom. The van der Waals surface area contributed by atoms with Gasteiger partial charge >= 0.3 is 0 Å². The molecule has 0 aliphatic carbocycles. The number of para-hydroxylation sites is 1. The fraction of sp³-hybridized carbons (Fsp3) is 0.611. The summed E-state index contributed by atoms with van der Waals surface area (Å²) in [7, 11) is 3.72. The van der Waals surface area contributed by atoms with Gasteiger partial charge in [0, 0.05) is 32.0 Å². The molecule has 1 heterocycles. The third-order valence-corrected chi connectivity index (χ3v) is 4.64. The Morgan fingerprint density at radius 2 is 2.18 bits per heavy atom. The number of fused-ring (bicyclic) bond motifs is 1. The number of rotatable bonds is 6. The summed E-state index contributed by atoms with van der Waals surface area (Å²) in [4.78, 5) is 17.1. The average molecular weight is 304 g/mol. The lowest BCUT2D eigenvalue weighted by Crippen LogP contribution is -2.51. The zero-order valence-corrected chi connectivity index (χ0v) is 14.2. The molecule has 22 heavy (non-hydrogen) atoms. The number of methoxy groups -OCH3 is 1. The number of anilines is 1. The van der Waals surface area contributed by atoms with Gasteiger partial charge in [-0.15, -0.1) is 0 Å². The second-order valence-corrected chi connectivity index (χ2v) is 6.23. The number of carbonyl (C=O) groups is 1. The van der Waals surface area contributed by atoms with E-state index in [0.29, 0.717) is 0 Å². The number of aryl methyl sites for hydroxylation is 1. The van der Waals surface area contributed by atoms with Gasteiger partial charge in [-0.2, -0.15) is 0 Å². The van der Waals surface area contributed by atoms with E-state index in [4.69, 9.17) is 4.74 Å². The highest BCUT2D eigenvalue weighted by atomic mass is 16.5. The molecular weight excluding hydrogens is 276 g/mol. The van der Waals surface area contributed by atoms with Crippen LogP contribution in [0.2, 0.25) is 0 Å². The zero-order chi connectivity index (χ0) is 16.1. The van der Waals surface area contributed by atoms with E-state index >= 15 is 0 Å². The molecule has 0 spiro atoms. The molecule has 1 aromatic rings. The van der Waals surface area contributed by atoms with Crippen LogP contribution >= 0.6 is 0 Å². The van der Waals surface area contributed by atoms with Gasteiger partial charge in [-0.1, -0.05) is 18.2 Å². The van der Waals surface area contributed by atoms with Crippen LogP contribution in [0.5, 0.6) is 0 Å². The monoisotopic (exact) mass is 304 g/mol. The van der Waals surface area contributed by atoms with Crippen LogP contribution < -0.4 is 4.90 Å². The van der Waals surface area contributed by atoms with E-state index in [0.717, 1.165) is 38.1 Å². The van der Waals surface area contributed by atoms with Gasteiger partial charge in [0.15, 0.2) is 0 Å². The maximum absolute atomic E-state index is 13.0. The van der Waals surface area contributed by atoms with Crippen molar-refractivity contribution in [3.63, 3.8) is 0 Å². The number of amides is 1. The summed E-state index contributed by atoms with van der Waals surface area (Å²) in [6.45, 7) is 5.74. The maximum Gasteiger partial charge on any atom is 0.244 e. The van der Waals surface area contributed by atoms with Gasteiger partial charge in [0.05, 0.1) is 6.04 Å². The minimum atomic E-state index is -0.120. The largest absolute Gasteiger partial charge is 0.385 e. The molecule has 1 aliphatic rings. The third kappa shape index (κ3) is 3.68. The number of hydrogen-bond acceptors (Lipinski definition) is 3. The SMILES string of the molecule is COCCCN(C)C(C)C(=O)N1c2ccccc2CCC1C. The van der Waals surface area contributed by atoms with E-state index in [1.54, 1.807) is 7.11 Å². The molecule has 122 valence electrons. The van der Waals surface area contributed by atoms with Gasteiger partial charge in [-0.25, -0.2) is 0 Å². The van der Waals surface area contributed by atoms with Crippen molar-refractivity contribution in [2.24, 2.45) is 0 Å². The van der Waals surface area contributed by atoms with E-state index in [9.17, 15) is 4.79 Å². The van der Waals surface area contributed by atoms with E-state index in [2.05, 4.69) is 30.0 Å². The van der Waals surface area contributed by atoms with Crippen molar-refractivity contribution in [2.75, 3.05) is 32.2 Å². The normalized spacial score (nSPS) is 19.1. The van der Waals surface area contributed by atoms with Crippen molar-refractivity contribution in [3.8, 4) is 0 Å². The van der Waals surface area contributed by atoms with Gasteiger partial charge in [-0.3, -0.25) is 9.69 Å². The molecule has 0 saturated carbocycles. The van der Waals surface area contributed by atoms with Crippen LogP contribution in [0.15, 0.2) is 24.3 Å². The Hall–Kier alpha value is -1.39. The van der Waals surface area contributed by atoms with Crippen molar-refractivity contribution < 1.29 is 9.53 Å². The van der Waals surface area contributed by atoms with Gasteiger partial charge in [0.1, 0.15) is 0 Å². The molecule has 2 rings (SSSR count). The van der Waals surface area contributed by atoms with Crippen LogP contribution in [0.3, 0.4) is 0 Å². The molecule has 1 aromatic carbocycles. The van der Waals surface area contributed by atoms with Crippen LogP contribution in [-0.4, -0.2) is 50.2 Å². The van der Waals surface area contributed by atoms with Crippen LogP contribution in [0.4, 0.5) is 5.69 Å². The number of benzene rings is 1. The van der Waals surface area contributed by atoms with Crippen molar-refractivity contribution in [3.05, 3.63) is 29.8 Å². The van der Waals surface area contributed by atoms with Crippen LogP contribution in [0.1, 0.15) is 32.3 Å². The summed E-state index contributed by atoms with van der Waals surface area (Å²) < 4.78 is 5.09. The molecule has 0 saturated heterocycles. The average Bonchev–Trinajstić information content (AvgIpc) is 2.53. The Labute approximate surface area is 134 Å². The van der Waals surface area contributed by atoms with E-state index < -0.39 is 0 Å². The molecule has 1 aliphatic heterocycles. The molecule has 4 heteroatoms. The number of carbonyl (C=O) groups excluding carboxylic acids is 1. The predicted molar refractivity (Wildman–Crippen MR) is 90.3 cm³/mol. The Bertz CT molecular complexity index is 504. The van der Waals surface area contributed by atoms with Gasteiger partial charge in [-0.05, 0) is 51.8 Å². The molecule has 0 aromatic heterocycles. The molecule has 4 nitrogen and oxygen atoms in total. The summed E-state index contributed by atoms with van der Waals surface area (Å²) >= 11 is 0. The fourth-order valence-electron chi connectivity index (χ4n) is 3.07. The fourth-order valence-corrected chi connectivity index (χ4v) is 3.07. The summed E-state index contributed by atoms with van der Waals surface area (Å²) in [5.41, 5.74) is 2.37. The highest BCUT2D eigenvalue weighted by Crippen LogP contribution is 2.31. The molecule has 2 unspecified atom stereocenters. The van der Waals surface area contributed by atoms with Crippen molar-refractivity contribution >= 4 is 11.6 Å². The lowest BCUT2D eigenvalue weighted by atomic mass is 9.96. The maximum atomic E-state index is 13.0. The minimum Gasteiger partial charge on any atom is -0.385 e. The first-order chi connectivity index (χ1) is 10.6. The highest BCUT2D eigenvalue weighted by Gasteiger charge is 2.32. The lowest BCUT2D eigenvalue weighted by Gasteiger charge is -2.38. The smallest absolute Gasteiger partial charge is 0.244 e. The first-order valence-electron chi connectivity index (χ1n) is 8.16. The zero-order valence-electron chi connectivity index (χ0n) is 14.2. The summed E-state index contributed by atoms with van der Waals surface area (Å²) in [6.07, 6.45) is 3.03. The van der Waals surface area contributed by atoms with Gasteiger partial charge in [0.2, 0.25) is 5.91 Å². The standard InChI is InChI=1S/C18H28N2O2/c1-14-10-11-16-8-5-6-9-17(16)20(14)18(21)15(2)19(3)12-7-13-22-4/h5-6,8-9,14-15H,7,10-13H2,1-4H3. The lowest BCUT2D eigenvalue weighted by molar-refractivity contribution is -0.123. The van der Waals surface area contributed by atoms with E-state index in [1.807, 2.05) is 24.9 Å². The number of nitrogens with zero attached hydrogens (tertiary/aromatic N) is 2. The Balaban J connectivity index is 2.11. The molecular formula is C18H28N2O2. The van der Waals surface area contributed by atoms with Crippen molar-refractivity contribution in [1.82, 2.24) is 4.90 Å². The predicted octanol–water partition coefficient (Wildman–Crippen LogP) is 2.71. The van der Waals surface area contributed by atoms with Crippen LogP contribution in [0, 0.1) is 0 Å². The quantitative estimate of drug-likeness (QED) is 0.758. The molecule has 0 radical (unpaired) electrons. The van der Waals surface area contributed by atoms with Crippen LogP contribution in [-0.2, 0) is 16.0 Å². The number of hydrogen-bond donors (Lipinski definition) is 0. The molecule has 0 fully saturated rings. The Kier molecular flexibility index (Phi) is 5.98. The minimum absolute atomic E-state index is 0.120. The van der Waals surface area contributed by atoms with Gasteiger partial charge in [0.25, 0.3) is 0 Å². The molecule has 0 N–H and O–H groups in total. The Morgan fingerprint density at radius 3 is 2.91 bits per heavy atom. The van der Waals surface area contributed by atoms with E-state index in [1.165, 1.54) is 5.56 Å². The highest BCUT2D eigenvalue weighted by molar-refractivity contribution is 5.98. The summed E-state index contributed by atoms with van der Waals surface area (Å²) in [5.74, 6) is 0.194. The first kappa shape index (κ1) is 17.0. The molecule has 2 atom stereocenters. The first-order valence-corrected chi connectivity index (χ1v) is 8.16. The molecule has 0 bridgehead atoms.